The molecule has 7 heteroatoms. The van der Waals surface area contributed by atoms with Crippen LogP contribution in [0.15, 0.2) is 36.7 Å². The molecule has 1 amide bonds. The van der Waals surface area contributed by atoms with Gasteiger partial charge in [-0.2, -0.15) is 5.10 Å². The van der Waals surface area contributed by atoms with Crippen LogP contribution in [0.3, 0.4) is 0 Å². The van der Waals surface area contributed by atoms with Crippen molar-refractivity contribution < 1.29 is 14.1 Å². The Labute approximate surface area is 160 Å². The summed E-state index contributed by atoms with van der Waals surface area (Å²) < 4.78 is 14.1. The largest absolute Gasteiger partial charge is 0.494 e. The standard InChI is InChI=1S/C20H26BN3O3/c1-18(2)19(3,4)27-21(26-18)14-7-8-16(24-12-6-11-22-24)15(13-14)23-17(25)20(5)9-10-20/h6-8,11-13H,9-10H2,1-5H3,(H,23,25). The fraction of sp³-hybridized carbons (Fsp3) is 0.500. The normalized spacial score (nSPS) is 21.9. The van der Waals surface area contributed by atoms with E-state index in [-0.39, 0.29) is 11.3 Å². The molecular formula is C20H26BN3O3. The topological polar surface area (TPSA) is 65.4 Å². The van der Waals surface area contributed by atoms with E-state index in [2.05, 4.69) is 10.4 Å². The molecule has 0 radical (unpaired) electrons. The molecule has 1 aliphatic carbocycles. The maximum atomic E-state index is 12.7. The van der Waals surface area contributed by atoms with Gasteiger partial charge in [0.2, 0.25) is 5.91 Å². The summed E-state index contributed by atoms with van der Waals surface area (Å²) in [5.41, 5.74) is 1.32. The molecule has 2 aromatic rings. The van der Waals surface area contributed by atoms with Gasteiger partial charge in [-0.05, 0) is 64.2 Å². The molecule has 4 rings (SSSR count). The van der Waals surface area contributed by atoms with Crippen molar-refractivity contribution in [2.45, 2.75) is 58.7 Å². The van der Waals surface area contributed by atoms with Gasteiger partial charge in [0, 0.05) is 17.8 Å². The summed E-state index contributed by atoms with van der Waals surface area (Å²) in [6, 6.07) is 7.70. The zero-order valence-corrected chi connectivity index (χ0v) is 16.6. The van der Waals surface area contributed by atoms with Crippen molar-refractivity contribution in [3.05, 3.63) is 36.7 Å². The van der Waals surface area contributed by atoms with Gasteiger partial charge < -0.3 is 14.6 Å². The Morgan fingerprint density at radius 3 is 2.37 bits per heavy atom. The number of rotatable bonds is 4. The van der Waals surface area contributed by atoms with Crippen molar-refractivity contribution >= 4 is 24.2 Å². The van der Waals surface area contributed by atoms with E-state index in [9.17, 15) is 4.79 Å². The van der Waals surface area contributed by atoms with Crippen LogP contribution in [0.25, 0.3) is 5.69 Å². The molecule has 1 saturated carbocycles. The first-order valence-corrected chi connectivity index (χ1v) is 9.42. The zero-order valence-electron chi connectivity index (χ0n) is 16.6. The first-order valence-electron chi connectivity index (χ1n) is 9.42. The lowest BCUT2D eigenvalue weighted by molar-refractivity contribution is -0.120. The molecule has 0 unspecified atom stereocenters. The van der Waals surface area contributed by atoms with Gasteiger partial charge in [-0.15, -0.1) is 0 Å². The molecule has 27 heavy (non-hydrogen) atoms. The lowest BCUT2D eigenvalue weighted by Gasteiger charge is -2.32. The van der Waals surface area contributed by atoms with Crippen molar-refractivity contribution in [1.82, 2.24) is 9.78 Å². The first-order chi connectivity index (χ1) is 12.6. The quantitative estimate of drug-likeness (QED) is 0.844. The molecule has 1 N–H and O–H groups in total. The molecule has 0 atom stereocenters. The minimum atomic E-state index is -0.478. The van der Waals surface area contributed by atoms with Crippen molar-refractivity contribution in [1.29, 1.82) is 0 Å². The van der Waals surface area contributed by atoms with Gasteiger partial charge in [-0.3, -0.25) is 4.79 Å². The van der Waals surface area contributed by atoms with Gasteiger partial charge in [0.25, 0.3) is 0 Å². The van der Waals surface area contributed by atoms with Crippen molar-refractivity contribution in [3.8, 4) is 5.69 Å². The van der Waals surface area contributed by atoms with Crippen LogP contribution in [0.2, 0.25) is 0 Å². The molecule has 0 spiro atoms. The van der Waals surface area contributed by atoms with Crippen LogP contribution < -0.4 is 10.8 Å². The van der Waals surface area contributed by atoms with Gasteiger partial charge in [0.1, 0.15) is 0 Å². The van der Waals surface area contributed by atoms with Gasteiger partial charge in [-0.25, -0.2) is 4.68 Å². The summed E-state index contributed by atoms with van der Waals surface area (Å²) >= 11 is 0. The lowest BCUT2D eigenvalue weighted by atomic mass is 9.78. The first kappa shape index (κ1) is 18.3. The van der Waals surface area contributed by atoms with Crippen LogP contribution >= 0.6 is 0 Å². The third kappa shape index (κ3) is 3.19. The second-order valence-corrected chi connectivity index (χ2v) is 8.83. The van der Waals surface area contributed by atoms with E-state index < -0.39 is 18.3 Å². The Balaban J connectivity index is 1.69. The van der Waals surface area contributed by atoms with Crippen LogP contribution in [0.5, 0.6) is 0 Å². The van der Waals surface area contributed by atoms with Crippen LogP contribution in [0, 0.1) is 5.41 Å². The number of carbonyl (C=O) groups excluding carboxylic acids is 1. The molecule has 1 aromatic carbocycles. The third-order valence-corrected chi connectivity index (χ3v) is 6.09. The fourth-order valence-corrected chi connectivity index (χ4v) is 3.08. The summed E-state index contributed by atoms with van der Waals surface area (Å²) in [4.78, 5) is 12.7. The molecule has 2 heterocycles. The minimum Gasteiger partial charge on any atom is -0.399 e. The second-order valence-electron chi connectivity index (χ2n) is 8.83. The summed E-state index contributed by atoms with van der Waals surface area (Å²) in [7, 11) is -0.478. The summed E-state index contributed by atoms with van der Waals surface area (Å²) in [6.45, 7) is 10.1. The average Bonchev–Trinajstić information content (AvgIpc) is 3.04. The number of carbonyl (C=O) groups is 1. The number of nitrogens with one attached hydrogen (secondary N) is 1. The van der Waals surface area contributed by atoms with Crippen LogP contribution in [-0.2, 0) is 14.1 Å². The van der Waals surface area contributed by atoms with Crippen LogP contribution in [0.1, 0.15) is 47.5 Å². The summed E-state index contributed by atoms with van der Waals surface area (Å²) in [5.74, 6) is 0.0435. The number of hydrogen-bond donors (Lipinski definition) is 1. The highest BCUT2D eigenvalue weighted by Gasteiger charge is 2.52. The highest BCUT2D eigenvalue weighted by atomic mass is 16.7. The van der Waals surface area contributed by atoms with Crippen molar-refractivity contribution in [3.63, 3.8) is 0 Å². The molecule has 2 aliphatic rings. The number of nitrogens with zero attached hydrogens (tertiary/aromatic N) is 2. The maximum absolute atomic E-state index is 12.7. The van der Waals surface area contributed by atoms with E-state index in [0.717, 1.165) is 24.0 Å². The highest BCUT2D eigenvalue weighted by molar-refractivity contribution is 6.62. The Hall–Kier alpha value is -2.12. The molecular weight excluding hydrogens is 341 g/mol. The predicted octanol–water partition coefficient (Wildman–Crippen LogP) is 2.91. The number of hydrogen-bond acceptors (Lipinski definition) is 4. The Kier molecular flexibility index (Phi) is 4.02. The zero-order chi connectivity index (χ0) is 19.4. The number of anilines is 1. The lowest BCUT2D eigenvalue weighted by Crippen LogP contribution is -2.41. The molecule has 0 bridgehead atoms. The molecule has 1 aromatic heterocycles. The average molecular weight is 367 g/mol. The van der Waals surface area contributed by atoms with Crippen LogP contribution in [-0.4, -0.2) is 34.0 Å². The number of amides is 1. The maximum Gasteiger partial charge on any atom is 0.494 e. The van der Waals surface area contributed by atoms with E-state index in [1.165, 1.54) is 0 Å². The molecule has 2 fully saturated rings. The van der Waals surface area contributed by atoms with Crippen molar-refractivity contribution in [2.75, 3.05) is 5.32 Å². The third-order valence-electron chi connectivity index (χ3n) is 6.09. The van der Waals surface area contributed by atoms with Crippen molar-refractivity contribution in [2.24, 2.45) is 5.41 Å². The molecule has 142 valence electrons. The SMILES string of the molecule is CC1(C(=O)Nc2cc(B3OC(C)(C)C(C)(C)O3)ccc2-n2cccn2)CC1. The smallest absolute Gasteiger partial charge is 0.399 e. The summed E-state index contributed by atoms with van der Waals surface area (Å²) in [6.07, 6.45) is 5.42. The van der Waals surface area contributed by atoms with Gasteiger partial charge in [-0.1, -0.05) is 13.0 Å². The molecule has 1 saturated heterocycles. The highest BCUT2D eigenvalue weighted by Crippen LogP contribution is 2.46. The van der Waals surface area contributed by atoms with Gasteiger partial charge >= 0.3 is 7.12 Å². The fourth-order valence-electron chi connectivity index (χ4n) is 3.08. The number of benzene rings is 1. The van der Waals surface area contributed by atoms with E-state index in [4.69, 9.17) is 9.31 Å². The van der Waals surface area contributed by atoms with E-state index in [1.807, 2.05) is 65.1 Å². The Morgan fingerprint density at radius 1 is 1.15 bits per heavy atom. The molecule has 6 nitrogen and oxygen atoms in total. The number of aromatic nitrogens is 2. The molecule has 1 aliphatic heterocycles. The van der Waals surface area contributed by atoms with Gasteiger partial charge in [0.15, 0.2) is 0 Å². The monoisotopic (exact) mass is 367 g/mol. The van der Waals surface area contributed by atoms with E-state index in [1.54, 1.807) is 10.9 Å². The predicted molar refractivity (Wildman–Crippen MR) is 105 cm³/mol. The summed E-state index contributed by atoms with van der Waals surface area (Å²) in [5, 5.41) is 7.40. The van der Waals surface area contributed by atoms with Gasteiger partial charge in [0.05, 0.1) is 22.6 Å². The van der Waals surface area contributed by atoms with Crippen LogP contribution in [0.4, 0.5) is 5.69 Å². The van der Waals surface area contributed by atoms with E-state index >= 15 is 0 Å². The Bertz CT molecular complexity index is 857. The second kappa shape index (κ2) is 5.94. The van der Waals surface area contributed by atoms with E-state index in [0.29, 0.717) is 5.69 Å². The Morgan fingerprint density at radius 2 is 1.81 bits per heavy atom. The minimum absolute atomic E-state index is 0.0435.